The zero-order chi connectivity index (χ0) is 13.0. The molecular formula is C9H8Cl3N3O2. The lowest BCUT2D eigenvalue weighted by Crippen LogP contribution is -2.21. The summed E-state index contributed by atoms with van der Waals surface area (Å²) in [4.78, 5) is 2.48. The first kappa shape index (κ1) is 14.4. The maximum Gasteiger partial charge on any atom is 0.106 e. The van der Waals surface area contributed by atoms with E-state index in [2.05, 4.69) is 10.0 Å². The number of azide groups is 1. The summed E-state index contributed by atoms with van der Waals surface area (Å²) in [6.45, 7) is -0.270. The molecule has 0 fully saturated rings. The largest absolute Gasteiger partial charge is 0.390 e. The Kier molecular flexibility index (Phi) is 5.33. The van der Waals surface area contributed by atoms with Crippen LogP contribution < -0.4 is 0 Å². The predicted octanol–water partition coefficient (Wildman–Crippen LogP) is 3.35. The van der Waals surface area contributed by atoms with Crippen LogP contribution in [0.3, 0.4) is 0 Å². The van der Waals surface area contributed by atoms with Gasteiger partial charge in [-0.2, -0.15) is 0 Å². The first-order valence-electron chi connectivity index (χ1n) is 4.48. The van der Waals surface area contributed by atoms with Crippen molar-refractivity contribution in [2.24, 2.45) is 5.11 Å². The molecule has 0 spiro atoms. The molecule has 0 aromatic heterocycles. The van der Waals surface area contributed by atoms with Crippen molar-refractivity contribution in [3.63, 3.8) is 0 Å². The van der Waals surface area contributed by atoms with Gasteiger partial charge in [0.1, 0.15) is 6.10 Å². The van der Waals surface area contributed by atoms with Crippen LogP contribution in [0.5, 0.6) is 0 Å². The zero-order valence-corrected chi connectivity index (χ0v) is 10.7. The molecule has 2 atom stereocenters. The third kappa shape index (κ3) is 3.64. The zero-order valence-electron chi connectivity index (χ0n) is 8.39. The molecule has 1 aromatic rings. The molecule has 92 valence electrons. The predicted molar refractivity (Wildman–Crippen MR) is 66.5 cm³/mol. The summed E-state index contributed by atoms with van der Waals surface area (Å²) in [6.07, 6.45) is -2.57. The first-order valence-corrected chi connectivity index (χ1v) is 5.62. The molecule has 0 aliphatic rings. The second-order valence-electron chi connectivity index (χ2n) is 3.21. The lowest BCUT2D eigenvalue weighted by Gasteiger charge is -2.18. The van der Waals surface area contributed by atoms with Crippen molar-refractivity contribution < 1.29 is 10.2 Å². The molecule has 8 heteroatoms. The Hall–Kier alpha value is -0.680. The fourth-order valence-electron chi connectivity index (χ4n) is 1.19. The molecule has 5 nitrogen and oxygen atoms in total. The Morgan fingerprint density at radius 3 is 2.35 bits per heavy atom. The van der Waals surface area contributed by atoms with E-state index in [4.69, 9.17) is 40.3 Å². The minimum atomic E-state index is -1.30. The summed E-state index contributed by atoms with van der Waals surface area (Å²) in [5, 5.41) is 23.1. The molecule has 1 rings (SSSR count). The van der Waals surface area contributed by atoms with E-state index >= 15 is 0 Å². The fraction of sp³-hybridized carbons (Fsp3) is 0.333. The van der Waals surface area contributed by atoms with Crippen LogP contribution in [0.1, 0.15) is 11.7 Å². The maximum absolute atomic E-state index is 9.79. The Morgan fingerprint density at radius 2 is 1.76 bits per heavy atom. The van der Waals surface area contributed by atoms with Crippen LogP contribution in [0.15, 0.2) is 17.2 Å². The van der Waals surface area contributed by atoms with Crippen LogP contribution in [0.4, 0.5) is 0 Å². The van der Waals surface area contributed by atoms with Crippen LogP contribution in [-0.2, 0) is 0 Å². The van der Waals surface area contributed by atoms with E-state index in [0.29, 0.717) is 0 Å². The van der Waals surface area contributed by atoms with Crippen LogP contribution in [0.25, 0.3) is 10.4 Å². The molecular weight excluding hydrogens is 288 g/mol. The molecule has 2 N–H and O–H groups in total. The third-order valence-corrected chi connectivity index (χ3v) is 3.10. The molecule has 0 bridgehead atoms. The minimum Gasteiger partial charge on any atom is -0.390 e. The van der Waals surface area contributed by atoms with Crippen molar-refractivity contribution in [2.75, 3.05) is 6.54 Å². The van der Waals surface area contributed by atoms with Crippen LogP contribution in [-0.4, -0.2) is 22.9 Å². The quantitative estimate of drug-likeness (QED) is 0.386. The van der Waals surface area contributed by atoms with Crippen molar-refractivity contribution in [3.05, 3.63) is 43.2 Å². The van der Waals surface area contributed by atoms with Crippen molar-refractivity contribution in [1.29, 1.82) is 0 Å². The number of aliphatic hydroxyl groups is 2. The highest BCUT2D eigenvalue weighted by atomic mass is 35.5. The highest BCUT2D eigenvalue weighted by Gasteiger charge is 2.21. The second-order valence-corrected chi connectivity index (χ2v) is 4.44. The standard InChI is InChI=1S/C9H8Cl3N3O2/c10-5-2-7(12)6(11)1-4(5)9(17)8(16)3-14-15-13/h1-2,8-9,16-17H,3H2. The Morgan fingerprint density at radius 1 is 1.18 bits per heavy atom. The second kappa shape index (κ2) is 6.31. The number of hydrogen-bond donors (Lipinski definition) is 2. The van der Waals surface area contributed by atoms with Gasteiger partial charge in [0.25, 0.3) is 0 Å². The van der Waals surface area contributed by atoms with E-state index in [1.54, 1.807) is 0 Å². The molecule has 0 aliphatic heterocycles. The maximum atomic E-state index is 9.79. The molecule has 0 amide bonds. The van der Waals surface area contributed by atoms with Gasteiger partial charge in [0, 0.05) is 15.5 Å². The van der Waals surface area contributed by atoms with Crippen LogP contribution >= 0.6 is 34.8 Å². The van der Waals surface area contributed by atoms with E-state index < -0.39 is 12.2 Å². The van der Waals surface area contributed by atoms with Gasteiger partial charge in [-0.25, -0.2) is 0 Å². The number of aliphatic hydroxyl groups excluding tert-OH is 2. The average Bonchev–Trinajstić information content (AvgIpc) is 2.29. The Balaban J connectivity index is 2.99. The summed E-state index contributed by atoms with van der Waals surface area (Å²) in [5.41, 5.74) is 8.33. The fourth-order valence-corrected chi connectivity index (χ4v) is 1.86. The summed E-state index contributed by atoms with van der Waals surface area (Å²) >= 11 is 17.4. The first-order chi connectivity index (χ1) is 7.97. The van der Waals surface area contributed by atoms with Gasteiger partial charge in [0.05, 0.1) is 22.7 Å². The van der Waals surface area contributed by atoms with Gasteiger partial charge in [-0.15, -0.1) is 0 Å². The van der Waals surface area contributed by atoms with Crippen LogP contribution in [0.2, 0.25) is 15.1 Å². The van der Waals surface area contributed by atoms with Gasteiger partial charge in [0.15, 0.2) is 0 Å². The van der Waals surface area contributed by atoms with Crippen molar-refractivity contribution in [1.82, 2.24) is 0 Å². The van der Waals surface area contributed by atoms with Crippen LogP contribution in [0, 0.1) is 0 Å². The number of halogens is 3. The monoisotopic (exact) mass is 295 g/mol. The summed E-state index contributed by atoms with van der Waals surface area (Å²) in [5.74, 6) is 0. The number of hydrogen-bond acceptors (Lipinski definition) is 3. The number of nitrogens with zero attached hydrogens (tertiary/aromatic N) is 3. The molecule has 0 aliphatic carbocycles. The number of benzene rings is 1. The van der Waals surface area contributed by atoms with E-state index in [1.807, 2.05) is 0 Å². The highest BCUT2D eigenvalue weighted by molar-refractivity contribution is 6.43. The summed E-state index contributed by atoms with van der Waals surface area (Å²) in [7, 11) is 0. The Labute approximate surface area is 112 Å². The van der Waals surface area contributed by atoms with E-state index in [9.17, 15) is 10.2 Å². The number of rotatable bonds is 4. The molecule has 0 radical (unpaired) electrons. The summed E-state index contributed by atoms with van der Waals surface area (Å²) < 4.78 is 0. The highest BCUT2D eigenvalue weighted by Crippen LogP contribution is 2.33. The SMILES string of the molecule is [N-]=[N+]=NCC(O)C(O)c1cc(Cl)c(Cl)cc1Cl. The van der Waals surface area contributed by atoms with E-state index in [-0.39, 0.29) is 27.2 Å². The lowest BCUT2D eigenvalue weighted by atomic mass is 10.0. The van der Waals surface area contributed by atoms with E-state index in [1.165, 1.54) is 12.1 Å². The van der Waals surface area contributed by atoms with Crippen molar-refractivity contribution in [2.45, 2.75) is 12.2 Å². The van der Waals surface area contributed by atoms with Gasteiger partial charge >= 0.3 is 0 Å². The molecule has 0 saturated heterocycles. The van der Waals surface area contributed by atoms with Gasteiger partial charge in [-0.3, -0.25) is 0 Å². The van der Waals surface area contributed by atoms with Gasteiger partial charge in [-0.1, -0.05) is 39.9 Å². The molecule has 0 saturated carbocycles. The summed E-state index contributed by atoms with van der Waals surface area (Å²) in [6, 6.07) is 2.72. The average molecular weight is 297 g/mol. The molecule has 17 heavy (non-hydrogen) atoms. The smallest absolute Gasteiger partial charge is 0.106 e. The topological polar surface area (TPSA) is 89.2 Å². The molecule has 0 heterocycles. The normalized spacial score (nSPS) is 13.9. The van der Waals surface area contributed by atoms with Crippen molar-refractivity contribution >= 4 is 34.8 Å². The van der Waals surface area contributed by atoms with Gasteiger partial charge in [-0.05, 0) is 17.7 Å². The van der Waals surface area contributed by atoms with Gasteiger partial charge in [0.2, 0.25) is 0 Å². The third-order valence-electron chi connectivity index (χ3n) is 2.05. The molecule has 2 unspecified atom stereocenters. The lowest BCUT2D eigenvalue weighted by molar-refractivity contribution is 0.0245. The van der Waals surface area contributed by atoms with Gasteiger partial charge < -0.3 is 10.2 Å². The Bertz CT molecular complexity index is 463. The van der Waals surface area contributed by atoms with Crippen molar-refractivity contribution in [3.8, 4) is 0 Å². The van der Waals surface area contributed by atoms with E-state index in [0.717, 1.165) is 0 Å². The minimum absolute atomic E-state index is 0.173. The molecule has 1 aromatic carbocycles.